The second-order valence-electron chi connectivity index (χ2n) is 6.58. The number of hydrogen-bond donors (Lipinski definition) is 2. The molecule has 4 rings (SSSR count). The van der Waals surface area contributed by atoms with E-state index >= 15 is 0 Å². The minimum absolute atomic E-state index is 0.0387. The Kier molecular flexibility index (Phi) is 3.37. The summed E-state index contributed by atoms with van der Waals surface area (Å²) < 4.78 is 0. The van der Waals surface area contributed by atoms with Crippen LogP contribution in [0.3, 0.4) is 0 Å². The van der Waals surface area contributed by atoms with Gasteiger partial charge in [-0.3, -0.25) is 14.7 Å². The molecule has 1 atom stereocenters. The van der Waals surface area contributed by atoms with E-state index in [1.165, 1.54) is 6.33 Å². The van der Waals surface area contributed by atoms with E-state index in [1.807, 2.05) is 18.2 Å². The van der Waals surface area contributed by atoms with Gasteiger partial charge in [-0.2, -0.15) is 5.10 Å². The largest absolute Gasteiger partial charge is 0.343 e. The van der Waals surface area contributed by atoms with Crippen LogP contribution in [0.2, 0.25) is 0 Å². The lowest BCUT2D eigenvalue weighted by molar-refractivity contribution is -0.126. The monoisotopic (exact) mass is 325 g/mol. The third-order valence-corrected chi connectivity index (χ3v) is 5.12. The summed E-state index contributed by atoms with van der Waals surface area (Å²) in [7, 11) is 1.73. The summed E-state index contributed by atoms with van der Waals surface area (Å²) in [6.45, 7) is 0.383. The molecule has 0 spiro atoms. The fraction of sp³-hybridized carbons (Fsp3) is 0.412. The molecule has 2 heterocycles. The van der Waals surface area contributed by atoms with Crippen LogP contribution in [0.25, 0.3) is 0 Å². The van der Waals surface area contributed by atoms with E-state index < -0.39 is 5.54 Å². The lowest BCUT2D eigenvalue weighted by Gasteiger charge is -2.42. The van der Waals surface area contributed by atoms with Gasteiger partial charge in [0.1, 0.15) is 12.2 Å². The summed E-state index contributed by atoms with van der Waals surface area (Å²) in [5.41, 5.74) is 0.946. The molecule has 1 aliphatic heterocycles. The lowest BCUT2D eigenvalue weighted by atomic mass is 9.75. The molecule has 0 saturated heterocycles. The summed E-state index contributed by atoms with van der Waals surface area (Å²) in [6.07, 6.45) is 4.19. The third kappa shape index (κ3) is 2.19. The van der Waals surface area contributed by atoms with Gasteiger partial charge in [-0.05, 0) is 30.9 Å². The zero-order valence-electron chi connectivity index (χ0n) is 13.5. The molecule has 2 N–H and O–H groups in total. The number of hydrogen-bond acceptors (Lipinski definition) is 4. The maximum Gasteiger partial charge on any atom is 0.253 e. The standard InChI is InChI=1S/C17H19N5O2/c1-22-9-13(11-5-2-3-6-12(11)15(22)24)14(23)20-17(7-4-8-17)16-18-10-19-21-16/h2-3,5-6,10,13H,4,7-9H2,1H3,(H,20,23)(H,18,19,21). The Hall–Kier alpha value is -2.70. The van der Waals surface area contributed by atoms with E-state index in [0.717, 1.165) is 24.8 Å². The molecule has 1 fully saturated rings. The number of carbonyl (C=O) groups is 2. The molecule has 7 nitrogen and oxygen atoms in total. The average molecular weight is 325 g/mol. The minimum Gasteiger partial charge on any atom is -0.343 e. The number of nitrogens with one attached hydrogen (secondary N) is 2. The summed E-state index contributed by atoms with van der Waals surface area (Å²) in [5, 5.41) is 9.96. The highest BCUT2D eigenvalue weighted by atomic mass is 16.2. The normalized spacial score (nSPS) is 21.8. The Bertz CT molecular complexity index is 782. The Morgan fingerprint density at radius 3 is 2.83 bits per heavy atom. The van der Waals surface area contributed by atoms with Crippen molar-refractivity contribution in [2.75, 3.05) is 13.6 Å². The second kappa shape index (κ2) is 5.43. The summed E-state index contributed by atoms with van der Waals surface area (Å²) in [5.74, 6) is 0.223. The van der Waals surface area contributed by atoms with Crippen LogP contribution in [0.1, 0.15) is 46.9 Å². The van der Waals surface area contributed by atoms with E-state index in [1.54, 1.807) is 18.0 Å². The van der Waals surface area contributed by atoms with Crippen LogP contribution in [0.15, 0.2) is 30.6 Å². The second-order valence-corrected chi connectivity index (χ2v) is 6.58. The van der Waals surface area contributed by atoms with Gasteiger partial charge in [0, 0.05) is 19.2 Å². The van der Waals surface area contributed by atoms with E-state index in [9.17, 15) is 9.59 Å². The van der Waals surface area contributed by atoms with E-state index in [4.69, 9.17) is 0 Å². The fourth-order valence-corrected chi connectivity index (χ4v) is 3.59. The SMILES string of the molecule is CN1CC(C(=O)NC2(c3ncn[nH]3)CCC2)c2ccccc2C1=O. The Morgan fingerprint density at radius 1 is 1.38 bits per heavy atom. The van der Waals surface area contributed by atoms with Crippen LogP contribution < -0.4 is 5.32 Å². The molecule has 1 unspecified atom stereocenters. The van der Waals surface area contributed by atoms with Crippen molar-refractivity contribution in [1.82, 2.24) is 25.4 Å². The van der Waals surface area contributed by atoms with E-state index in [0.29, 0.717) is 17.9 Å². The average Bonchev–Trinajstić information content (AvgIpc) is 3.09. The number of carbonyl (C=O) groups excluding carboxylic acids is 2. The van der Waals surface area contributed by atoms with Crippen LogP contribution in [0.5, 0.6) is 0 Å². The van der Waals surface area contributed by atoms with Gasteiger partial charge in [0.15, 0.2) is 0 Å². The van der Waals surface area contributed by atoms with Crippen LogP contribution >= 0.6 is 0 Å². The number of fused-ring (bicyclic) bond motifs is 1. The number of H-pyrrole nitrogens is 1. The van der Waals surface area contributed by atoms with Crippen LogP contribution in [-0.2, 0) is 10.3 Å². The van der Waals surface area contributed by atoms with Crippen LogP contribution in [0, 0.1) is 0 Å². The fourth-order valence-electron chi connectivity index (χ4n) is 3.59. The van der Waals surface area contributed by atoms with Gasteiger partial charge in [-0.15, -0.1) is 0 Å². The predicted octanol–water partition coefficient (Wildman–Crippen LogP) is 1.17. The molecule has 1 aliphatic carbocycles. The first-order valence-corrected chi connectivity index (χ1v) is 8.13. The van der Waals surface area contributed by atoms with Gasteiger partial charge in [-0.1, -0.05) is 18.2 Å². The summed E-state index contributed by atoms with van der Waals surface area (Å²) >= 11 is 0. The number of benzene rings is 1. The maximum atomic E-state index is 13.0. The molecular formula is C17H19N5O2. The van der Waals surface area contributed by atoms with Crippen LogP contribution in [0.4, 0.5) is 0 Å². The highest BCUT2D eigenvalue weighted by molar-refractivity contribution is 6.00. The van der Waals surface area contributed by atoms with Gasteiger partial charge in [0.05, 0.1) is 11.5 Å². The van der Waals surface area contributed by atoms with Crippen molar-refractivity contribution in [2.45, 2.75) is 30.7 Å². The number of rotatable bonds is 3. The third-order valence-electron chi connectivity index (χ3n) is 5.12. The van der Waals surface area contributed by atoms with Crippen molar-refractivity contribution in [3.63, 3.8) is 0 Å². The van der Waals surface area contributed by atoms with Gasteiger partial charge in [0.25, 0.3) is 5.91 Å². The highest BCUT2D eigenvalue weighted by Gasteiger charge is 2.45. The van der Waals surface area contributed by atoms with Gasteiger partial charge >= 0.3 is 0 Å². The van der Waals surface area contributed by atoms with E-state index in [2.05, 4.69) is 20.5 Å². The molecule has 1 aromatic carbocycles. The zero-order valence-corrected chi connectivity index (χ0v) is 13.5. The van der Waals surface area contributed by atoms with Gasteiger partial charge < -0.3 is 10.2 Å². The lowest BCUT2D eigenvalue weighted by Crippen LogP contribution is -2.54. The maximum absolute atomic E-state index is 13.0. The van der Waals surface area contributed by atoms with Gasteiger partial charge in [-0.25, -0.2) is 4.98 Å². The first-order chi connectivity index (χ1) is 11.6. The Morgan fingerprint density at radius 2 is 2.17 bits per heavy atom. The number of nitrogens with zero attached hydrogens (tertiary/aromatic N) is 3. The quantitative estimate of drug-likeness (QED) is 0.886. The summed E-state index contributed by atoms with van der Waals surface area (Å²) in [4.78, 5) is 31.1. The van der Waals surface area contributed by atoms with Crippen molar-refractivity contribution in [2.24, 2.45) is 0 Å². The molecule has 0 bridgehead atoms. The molecule has 7 heteroatoms. The Labute approximate surface area is 139 Å². The summed E-state index contributed by atoms with van der Waals surface area (Å²) in [6, 6.07) is 7.34. The highest BCUT2D eigenvalue weighted by Crippen LogP contribution is 2.40. The van der Waals surface area contributed by atoms with Crippen molar-refractivity contribution >= 4 is 11.8 Å². The molecule has 24 heavy (non-hydrogen) atoms. The van der Waals surface area contributed by atoms with Crippen molar-refractivity contribution in [1.29, 1.82) is 0 Å². The molecule has 2 aliphatic rings. The van der Waals surface area contributed by atoms with Gasteiger partial charge in [0.2, 0.25) is 5.91 Å². The van der Waals surface area contributed by atoms with Crippen LogP contribution in [-0.4, -0.2) is 45.5 Å². The molecule has 1 aromatic heterocycles. The van der Waals surface area contributed by atoms with Crippen molar-refractivity contribution in [3.8, 4) is 0 Å². The topological polar surface area (TPSA) is 91.0 Å². The van der Waals surface area contributed by atoms with E-state index in [-0.39, 0.29) is 17.7 Å². The van der Waals surface area contributed by atoms with Crippen molar-refractivity contribution < 1.29 is 9.59 Å². The Balaban J connectivity index is 1.63. The first-order valence-electron chi connectivity index (χ1n) is 8.13. The number of amides is 2. The molecular weight excluding hydrogens is 306 g/mol. The molecule has 0 radical (unpaired) electrons. The molecule has 2 amide bonds. The zero-order chi connectivity index (χ0) is 16.7. The van der Waals surface area contributed by atoms with Crippen molar-refractivity contribution in [3.05, 3.63) is 47.5 Å². The number of aromatic amines is 1. The minimum atomic E-state index is -0.456. The first kappa shape index (κ1) is 14.9. The molecule has 1 saturated carbocycles. The molecule has 2 aromatic rings. The number of aromatic nitrogens is 3. The smallest absolute Gasteiger partial charge is 0.253 e. The molecule has 124 valence electrons. The predicted molar refractivity (Wildman–Crippen MR) is 86.2 cm³/mol. The number of likely N-dealkylation sites (N-methyl/N-ethyl adjacent to an activating group) is 1.